The number of pyridine rings is 1. The minimum absolute atomic E-state index is 0.123. The second-order valence-corrected chi connectivity index (χ2v) is 5.40. The number of anilines is 2. The highest BCUT2D eigenvalue weighted by Crippen LogP contribution is 2.21. The third-order valence-electron chi connectivity index (χ3n) is 2.55. The van der Waals surface area contributed by atoms with Gasteiger partial charge in [-0.05, 0) is 18.1 Å². The fourth-order valence-corrected chi connectivity index (χ4v) is 2.37. The Morgan fingerprint density at radius 1 is 1.47 bits per heavy atom. The molecule has 3 N–H and O–H groups in total. The zero-order valence-corrected chi connectivity index (χ0v) is 11.7. The standard InChI is InChI=1S/C13H16N4OS/c1-8(2)11-7-19-13(16-11)17-12(18)5-10-4-3-9(14)6-15-10/h3-4,6-8H,5,14H2,1-2H3,(H,16,17,18). The Hall–Kier alpha value is -1.95. The molecule has 6 heteroatoms. The fourth-order valence-electron chi connectivity index (χ4n) is 1.48. The van der Waals surface area contributed by atoms with Gasteiger partial charge in [0.15, 0.2) is 5.13 Å². The molecule has 2 aromatic heterocycles. The Bertz CT molecular complexity index is 562. The van der Waals surface area contributed by atoms with Crippen molar-refractivity contribution < 1.29 is 4.79 Å². The lowest BCUT2D eigenvalue weighted by Crippen LogP contribution is -2.15. The molecule has 0 radical (unpaired) electrons. The zero-order valence-electron chi connectivity index (χ0n) is 10.9. The van der Waals surface area contributed by atoms with Crippen molar-refractivity contribution in [2.24, 2.45) is 0 Å². The molecule has 0 aliphatic carbocycles. The van der Waals surface area contributed by atoms with Crippen LogP contribution < -0.4 is 11.1 Å². The number of hydrogen-bond donors (Lipinski definition) is 2. The molecule has 0 aliphatic rings. The monoisotopic (exact) mass is 276 g/mol. The van der Waals surface area contributed by atoms with Crippen molar-refractivity contribution in [3.63, 3.8) is 0 Å². The number of nitrogen functional groups attached to an aromatic ring is 1. The summed E-state index contributed by atoms with van der Waals surface area (Å²) in [6.45, 7) is 4.14. The number of carbonyl (C=O) groups is 1. The van der Waals surface area contributed by atoms with E-state index in [4.69, 9.17) is 5.73 Å². The van der Waals surface area contributed by atoms with Crippen LogP contribution in [0.15, 0.2) is 23.7 Å². The Labute approximate surface area is 115 Å². The second-order valence-electron chi connectivity index (χ2n) is 4.54. The summed E-state index contributed by atoms with van der Waals surface area (Å²) in [5, 5.41) is 5.37. The first-order chi connectivity index (χ1) is 9.04. The van der Waals surface area contributed by atoms with Gasteiger partial charge in [-0.3, -0.25) is 9.78 Å². The second kappa shape index (κ2) is 5.79. The van der Waals surface area contributed by atoms with Gasteiger partial charge in [-0.25, -0.2) is 4.98 Å². The summed E-state index contributed by atoms with van der Waals surface area (Å²) < 4.78 is 0. The summed E-state index contributed by atoms with van der Waals surface area (Å²) in [6.07, 6.45) is 1.76. The van der Waals surface area contributed by atoms with E-state index >= 15 is 0 Å². The van der Waals surface area contributed by atoms with Crippen LogP contribution in [-0.4, -0.2) is 15.9 Å². The van der Waals surface area contributed by atoms with Crippen LogP contribution >= 0.6 is 11.3 Å². The van der Waals surface area contributed by atoms with E-state index in [9.17, 15) is 4.79 Å². The first-order valence-corrected chi connectivity index (χ1v) is 6.88. The average molecular weight is 276 g/mol. The quantitative estimate of drug-likeness (QED) is 0.898. The lowest BCUT2D eigenvalue weighted by atomic mass is 10.2. The van der Waals surface area contributed by atoms with E-state index in [1.807, 2.05) is 5.38 Å². The summed E-state index contributed by atoms with van der Waals surface area (Å²) in [4.78, 5) is 20.3. The molecule has 5 nitrogen and oxygen atoms in total. The van der Waals surface area contributed by atoms with E-state index in [1.165, 1.54) is 11.3 Å². The van der Waals surface area contributed by atoms with Crippen LogP contribution in [0.25, 0.3) is 0 Å². The topological polar surface area (TPSA) is 80.9 Å². The van der Waals surface area contributed by atoms with E-state index in [0.717, 1.165) is 5.69 Å². The molecular weight excluding hydrogens is 260 g/mol. The number of nitrogens with one attached hydrogen (secondary N) is 1. The van der Waals surface area contributed by atoms with E-state index in [1.54, 1.807) is 18.3 Å². The van der Waals surface area contributed by atoms with Crippen LogP contribution in [0, 0.1) is 0 Å². The van der Waals surface area contributed by atoms with Crippen molar-refractivity contribution in [1.29, 1.82) is 0 Å². The van der Waals surface area contributed by atoms with E-state index in [-0.39, 0.29) is 12.3 Å². The van der Waals surface area contributed by atoms with Gasteiger partial charge >= 0.3 is 0 Å². The molecule has 0 atom stereocenters. The molecule has 19 heavy (non-hydrogen) atoms. The van der Waals surface area contributed by atoms with Gasteiger partial charge in [0, 0.05) is 11.1 Å². The first kappa shape index (κ1) is 13.5. The molecule has 0 aliphatic heterocycles. The summed E-state index contributed by atoms with van der Waals surface area (Å²) >= 11 is 1.44. The summed E-state index contributed by atoms with van der Waals surface area (Å²) in [5.74, 6) is 0.239. The molecule has 100 valence electrons. The highest BCUT2D eigenvalue weighted by molar-refractivity contribution is 7.13. The predicted molar refractivity (Wildman–Crippen MR) is 77.2 cm³/mol. The van der Waals surface area contributed by atoms with Gasteiger partial charge < -0.3 is 11.1 Å². The first-order valence-electron chi connectivity index (χ1n) is 6.00. The van der Waals surface area contributed by atoms with Crippen molar-refractivity contribution >= 4 is 28.1 Å². The molecule has 0 spiro atoms. The number of carbonyl (C=O) groups excluding carboxylic acids is 1. The molecule has 0 unspecified atom stereocenters. The molecule has 0 fully saturated rings. The third-order valence-corrected chi connectivity index (χ3v) is 3.33. The normalized spacial score (nSPS) is 10.7. The van der Waals surface area contributed by atoms with Crippen molar-refractivity contribution in [3.05, 3.63) is 35.1 Å². The number of nitrogens with zero attached hydrogens (tertiary/aromatic N) is 2. The van der Waals surface area contributed by atoms with Crippen molar-refractivity contribution in [2.75, 3.05) is 11.1 Å². The number of aromatic nitrogens is 2. The van der Waals surface area contributed by atoms with Gasteiger partial charge in [0.1, 0.15) is 0 Å². The molecule has 2 aromatic rings. The van der Waals surface area contributed by atoms with E-state index in [0.29, 0.717) is 22.4 Å². The number of hydrogen-bond acceptors (Lipinski definition) is 5. The maximum absolute atomic E-state index is 11.8. The Kier molecular flexibility index (Phi) is 4.11. The van der Waals surface area contributed by atoms with E-state index in [2.05, 4.69) is 29.1 Å². The molecule has 1 amide bonds. The highest BCUT2D eigenvalue weighted by atomic mass is 32.1. The van der Waals surface area contributed by atoms with E-state index < -0.39 is 0 Å². The lowest BCUT2D eigenvalue weighted by molar-refractivity contribution is -0.115. The Morgan fingerprint density at radius 3 is 2.84 bits per heavy atom. The van der Waals surface area contributed by atoms with Gasteiger partial charge in [-0.2, -0.15) is 0 Å². The van der Waals surface area contributed by atoms with Crippen molar-refractivity contribution in [3.8, 4) is 0 Å². The molecule has 2 heterocycles. The zero-order chi connectivity index (χ0) is 13.8. The summed E-state index contributed by atoms with van der Waals surface area (Å²) in [6, 6.07) is 3.48. The van der Waals surface area contributed by atoms with Gasteiger partial charge in [0.25, 0.3) is 0 Å². The molecule has 0 aromatic carbocycles. The Morgan fingerprint density at radius 2 is 2.26 bits per heavy atom. The summed E-state index contributed by atoms with van der Waals surface area (Å²) in [7, 11) is 0. The smallest absolute Gasteiger partial charge is 0.232 e. The number of rotatable bonds is 4. The van der Waals surface area contributed by atoms with Crippen LogP contribution in [0.3, 0.4) is 0 Å². The van der Waals surface area contributed by atoms with Gasteiger partial charge in [-0.15, -0.1) is 11.3 Å². The average Bonchev–Trinajstić information content (AvgIpc) is 2.80. The molecule has 2 rings (SSSR count). The van der Waals surface area contributed by atoms with Gasteiger partial charge in [-0.1, -0.05) is 13.8 Å². The Balaban J connectivity index is 1.95. The van der Waals surface area contributed by atoms with Crippen molar-refractivity contribution in [2.45, 2.75) is 26.2 Å². The molecule has 0 bridgehead atoms. The SMILES string of the molecule is CC(C)c1csc(NC(=O)Cc2ccc(N)cn2)n1. The largest absolute Gasteiger partial charge is 0.397 e. The summed E-state index contributed by atoms with van der Waals surface area (Å²) in [5.41, 5.74) is 7.81. The van der Waals surface area contributed by atoms with Crippen LogP contribution in [-0.2, 0) is 11.2 Å². The highest BCUT2D eigenvalue weighted by Gasteiger charge is 2.09. The number of amides is 1. The fraction of sp³-hybridized carbons (Fsp3) is 0.308. The van der Waals surface area contributed by atoms with Crippen LogP contribution in [0.2, 0.25) is 0 Å². The molecular formula is C13H16N4OS. The van der Waals surface area contributed by atoms with Gasteiger partial charge in [0.05, 0.1) is 24.0 Å². The number of nitrogens with two attached hydrogens (primary N) is 1. The minimum atomic E-state index is -0.123. The van der Waals surface area contributed by atoms with Crippen molar-refractivity contribution in [1.82, 2.24) is 9.97 Å². The van der Waals surface area contributed by atoms with Gasteiger partial charge in [0.2, 0.25) is 5.91 Å². The minimum Gasteiger partial charge on any atom is -0.397 e. The maximum Gasteiger partial charge on any atom is 0.232 e. The lowest BCUT2D eigenvalue weighted by Gasteiger charge is -2.02. The van der Waals surface area contributed by atoms with Crippen LogP contribution in [0.5, 0.6) is 0 Å². The molecule has 0 saturated carbocycles. The van der Waals surface area contributed by atoms with Crippen LogP contribution in [0.4, 0.5) is 10.8 Å². The van der Waals surface area contributed by atoms with Crippen LogP contribution in [0.1, 0.15) is 31.2 Å². The predicted octanol–water partition coefficient (Wildman–Crippen LogP) is 2.42. The number of thiazole rings is 1. The maximum atomic E-state index is 11.8. The third kappa shape index (κ3) is 3.75. The molecule has 0 saturated heterocycles.